The second-order valence-electron chi connectivity index (χ2n) is 15.8. The highest BCUT2D eigenvalue weighted by atomic mass is 16.6. The SMILES string of the molecule is CC(C)C1CCN(C(=O)[C@@H](NC(=O)NC2(C(=O)OC(C)(C)C)CCCCC2)C2CCCCC2)[C@@H]1C(=O)NC(CC1CC1)C(=O)C(N)=O. The fourth-order valence-electron chi connectivity index (χ4n) is 7.78. The number of carbonyl (C=O) groups excluding carboxylic acids is 6. The van der Waals surface area contributed by atoms with E-state index in [1.807, 2.05) is 13.8 Å². The van der Waals surface area contributed by atoms with Crippen LogP contribution >= 0.6 is 0 Å². The van der Waals surface area contributed by atoms with Gasteiger partial charge in [0, 0.05) is 6.54 Å². The predicted octanol–water partition coefficient (Wildman–Crippen LogP) is 3.49. The van der Waals surface area contributed by atoms with E-state index in [9.17, 15) is 28.8 Å². The molecule has 2 unspecified atom stereocenters. The lowest BCUT2D eigenvalue weighted by Gasteiger charge is -2.39. The quantitative estimate of drug-likeness (QED) is 0.183. The van der Waals surface area contributed by atoms with Crippen LogP contribution < -0.4 is 21.7 Å². The number of hydrogen-bond donors (Lipinski definition) is 4. The van der Waals surface area contributed by atoms with E-state index >= 15 is 0 Å². The van der Waals surface area contributed by atoms with Gasteiger partial charge in [-0.1, -0.05) is 65.2 Å². The van der Waals surface area contributed by atoms with Crippen molar-refractivity contribution in [2.24, 2.45) is 29.4 Å². The van der Waals surface area contributed by atoms with Crippen LogP contribution in [-0.4, -0.2) is 76.2 Å². The van der Waals surface area contributed by atoms with Gasteiger partial charge in [0.15, 0.2) is 0 Å². The van der Waals surface area contributed by atoms with Crippen molar-refractivity contribution in [1.82, 2.24) is 20.9 Å². The summed E-state index contributed by atoms with van der Waals surface area (Å²) in [6.07, 6.45) is 10.6. The van der Waals surface area contributed by atoms with E-state index in [4.69, 9.17) is 10.5 Å². The molecular formula is C35H57N5O7. The minimum absolute atomic E-state index is 0.0571. The van der Waals surface area contributed by atoms with Crippen LogP contribution in [0.1, 0.15) is 125 Å². The van der Waals surface area contributed by atoms with Crippen LogP contribution in [0, 0.1) is 23.7 Å². The summed E-state index contributed by atoms with van der Waals surface area (Å²) >= 11 is 0. The van der Waals surface area contributed by atoms with E-state index in [-0.39, 0.29) is 29.6 Å². The first-order valence-electron chi connectivity index (χ1n) is 17.9. The number of ketones is 1. The number of urea groups is 1. The molecule has 1 aliphatic heterocycles. The Morgan fingerprint density at radius 1 is 0.872 bits per heavy atom. The Morgan fingerprint density at radius 2 is 1.49 bits per heavy atom. The van der Waals surface area contributed by atoms with E-state index < -0.39 is 58.9 Å². The second kappa shape index (κ2) is 15.4. The Balaban J connectivity index is 1.57. The maximum absolute atomic E-state index is 14.5. The molecular weight excluding hydrogens is 602 g/mol. The zero-order valence-electron chi connectivity index (χ0n) is 29.0. The lowest BCUT2D eigenvalue weighted by atomic mass is 9.81. The van der Waals surface area contributed by atoms with Gasteiger partial charge in [0.1, 0.15) is 23.2 Å². The van der Waals surface area contributed by atoms with Gasteiger partial charge >= 0.3 is 12.0 Å². The van der Waals surface area contributed by atoms with Gasteiger partial charge in [-0.05, 0) is 83.0 Å². The summed E-state index contributed by atoms with van der Waals surface area (Å²) < 4.78 is 5.74. The molecule has 47 heavy (non-hydrogen) atoms. The van der Waals surface area contributed by atoms with Gasteiger partial charge in [-0.3, -0.25) is 19.2 Å². The number of rotatable bonds is 12. The fraction of sp³-hybridized carbons (Fsp3) is 0.829. The maximum Gasteiger partial charge on any atom is 0.332 e. The summed E-state index contributed by atoms with van der Waals surface area (Å²) in [5, 5.41) is 8.71. The number of nitrogens with one attached hydrogen (secondary N) is 3. The van der Waals surface area contributed by atoms with Crippen LogP contribution in [0.25, 0.3) is 0 Å². The molecule has 3 saturated carbocycles. The maximum atomic E-state index is 14.5. The molecule has 5 N–H and O–H groups in total. The number of Topliss-reactive ketones (excluding diaryl/α,β-unsaturated/α-hetero) is 1. The summed E-state index contributed by atoms with van der Waals surface area (Å²) in [7, 11) is 0. The minimum Gasteiger partial charge on any atom is -0.458 e. The molecule has 3 aliphatic carbocycles. The topological polar surface area (TPSA) is 177 Å². The van der Waals surface area contributed by atoms with Gasteiger partial charge in [-0.2, -0.15) is 0 Å². The zero-order valence-corrected chi connectivity index (χ0v) is 29.0. The second-order valence-corrected chi connectivity index (χ2v) is 15.8. The van der Waals surface area contributed by atoms with Crippen molar-refractivity contribution in [3.63, 3.8) is 0 Å². The molecule has 4 fully saturated rings. The van der Waals surface area contributed by atoms with Crippen molar-refractivity contribution < 1.29 is 33.5 Å². The first kappa shape index (κ1) is 36.7. The molecule has 4 rings (SSSR count). The monoisotopic (exact) mass is 659 g/mol. The number of nitrogens with zero attached hydrogens (tertiary/aromatic N) is 1. The van der Waals surface area contributed by atoms with Crippen molar-refractivity contribution in [2.45, 2.75) is 154 Å². The average molecular weight is 660 g/mol. The third-order valence-corrected chi connectivity index (χ3v) is 10.5. The number of esters is 1. The minimum atomic E-state index is -1.18. The first-order chi connectivity index (χ1) is 22.1. The molecule has 0 spiro atoms. The van der Waals surface area contributed by atoms with Gasteiger partial charge < -0.3 is 31.3 Å². The Kier molecular flexibility index (Phi) is 12.0. The van der Waals surface area contributed by atoms with Crippen molar-refractivity contribution in [3.8, 4) is 0 Å². The summed E-state index contributed by atoms with van der Waals surface area (Å²) in [5.41, 5.74) is 3.42. The van der Waals surface area contributed by atoms with Crippen molar-refractivity contribution >= 4 is 35.5 Å². The highest BCUT2D eigenvalue weighted by molar-refractivity contribution is 6.37. The van der Waals surface area contributed by atoms with Crippen LogP contribution in [0.5, 0.6) is 0 Å². The van der Waals surface area contributed by atoms with E-state index in [1.54, 1.807) is 25.7 Å². The average Bonchev–Trinajstić information content (AvgIpc) is 3.71. The van der Waals surface area contributed by atoms with Gasteiger partial charge in [0.25, 0.3) is 5.91 Å². The Labute approximate surface area is 279 Å². The zero-order chi connectivity index (χ0) is 34.5. The third-order valence-electron chi connectivity index (χ3n) is 10.5. The first-order valence-corrected chi connectivity index (χ1v) is 17.9. The number of carbonyl (C=O) groups is 6. The summed E-state index contributed by atoms with van der Waals surface area (Å²) in [6, 6.07) is -3.40. The predicted molar refractivity (Wildman–Crippen MR) is 176 cm³/mol. The van der Waals surface area contributed by atoms with Crippen molar-refractivity contribution in [2.75, 3.05) is 6.54 Å². The van der Waals surface area contributed by atoms with E-state index in [2.05, 4.69) is 16.0 Å². The van der Waals surface area contributed by atoms with Crippen LogP contribution in [0.2, 0.25) is 0 Å². The number of likely N-dealkylation sites (tertiary alicyclic amines) is 1. The lowest BCUT2D eigenvalue weighted by molar-refractivity contribution is -0.164. The molecule has 264 valence electrons. The van der Waals surface area contributed by atoms with E-state index in [1.165, 1.54) is 0 Å². The highest BCUT2D eigenvalue weighted by Crippen LogP contribution is 2.36. The van der Waals surface area contributed by atoms with Crippen LogP contribution in [0.4, 0.5) is 4.79 Å². The molecule has 4 atom stereocenters. The standard InChI is InChI=1S/C35H57N5O7/c1-21(2)24-16-19-40(27(24)30(43)37-25(20-22-14-15-22)28(41)29(36)42)31(44)26(23-12-8-6-9-13-23)38-33(46)39-35(17-10-7-11-18-35)32(45)47-34(3,4)5/h21-27H,6-20H2,1-5H3,(H2,36,42)(H,37,43)(H2,38,39,46)/t24?,25?,26-,27-/m0/s1. The number of hydrogen-bond acceptors (Lipinski definition) is 7. The molecule has 0 aromatic heterocycles. The van der Waals surface area contributed by atoms with Crippen LogP contribution in [0.3, 0.4) is 0 Å². The van der Waals surface area contributed by atoms with Gasteiger partial charge in [-0.15, -0.1) is 0 Å². The summed E-state index contributed by atoms with van der Waals surface area (Å²) in [5.74, 6) is -3.22. The Hall–Kier alpha value is -3.18. The van der Waals surface area contributed by atoms with E-state index in [0.29, 0.717) is 32.2 Å². The van der Waals surface area contributed by atoms with E-state index in [0.717, 1.165) is 64.2 Å². The molecule has 0 aromatic rings. The fourth-order valence-corrected chi connectivity index (χ4v) is 7.78. The van der Waals surface area contributed by atoms with Gasteiger partial charge in [0.2, 0.25) is 17.6 Å². The smallest absolute Gasteiger partial charge is 0.332 e. The normalized spacial score (nSPS) is 24.6. The molecule has 12 nitrogen and oxygen atoms in total. The molecule has 5 amide bonds. The number of amides is 5. The molecule has 0 bridgehead atoms. The largest absolute Gasteiger partial charge is 0.458 e. The van der Waals surface area contributed by atoms with Gasteiger partial charge in [-0.25, -0.2) is 9.59 Å². The Morgan fingerprint density at radius 3 is 2.04 bits per heavy atom. The number of ether oxygens (including phenoxy) is 1. The molecule has 0 radical (unpaired) electrons. The molecule has 1 saturated heterocycles. The summed E-state index contributed by atoms with van der Waals surface area (Å²) in [4.78, 5) is 81.8. The highest BCUT2D eigenvalue weighted by Gasteiger charge is 2.49. The number of nitrogens with two attached hydrogens (primary N) is 1. The lowest BCUT2D eigenvalue weighted by Crippen LogP contribution is -2.63. The van der Waals surface area contributed by atoms with Crippen molar-refractivity contribution in [3.05, 3.63) is 0 Å². The van der Waals surface area contributed by atoms with Gasteiger partial charge in [0.05, 0.1) is 6.04 Å². The molecule has 0 aromatic carbocycles. The third kappa shape index (κ3) is 9.47. The Bertz CT molecular complexity index is 1180. The van der Waals surface area contributed by atoms with Crippen molar-refractivity contribution in [1.29, 1.82) is 0 Å². The van der Waals surface area contributed by atoms with Crippen LogP contribution in [0.15, 0.2) is 0 Å². The molecule has 1 heterocycles. The molecule has 12 heteroatoms. The molecule has 4 aliphatic rings. The number of primary amides is 1. The van der Waals surface area contributed by atoms with Crippen LogP contribution in [-0.2, 0) is 28.7 Å². The summed E-state index contributed by atoms with van der Waals surface area (Å²) in [6.45, 7) is 9.71.